The molecule has 1 radical (unpaired) electrons. The topological polar surface area (TPSA) is 50.1 Å². The third kappa shape index (κ3) is 3.08. The minimum absolute atomic E-state index is 0.150. The predicted octanol–water partition coefficient (Wildman–Crippen LogP) is 0.866. The average Bonchev–Trinajstić information content (AvgIpc) is 1.89. The molecule has 0 amide bonds. The van der Waals surface area contributed by atoms with E-state index in [1.807, 2.05) is 19.9 Å². The Labute approximate surface area is 60.6 Å². The van der Waals surface area contributed by atoms with Gasteiger partial charge in [0.05, 0.1) is 12.0 Å². The molecular weight excluding hydrogens is 130 g/mol. The summed E-state index contributed by atoms with van der Waals surface area (Å²) in [6.45, 7) is 5.25. The van der Waals surface area contributed by atoms with Crippen LogP contribution in [0.15, 0.2) is 0 Å². The van der Waals surface area contributed by atoms with Gasteiger partial charge in [0, 0.05) is 0 Å². The zero-order valence-electron chi connectivity index (χ0n) is 6.13. The first-order valence-electron chi connectivity index (χ1n) is 3.11. The van der Waals surface area contributed by atoms with Crippen LogP contribution in [0.3, 0.4) is 0 Å². The Bertz CT molecular complexity index is 137. The van der Waals surface area contributed by atoms with Gasteiger partial charge >= 0.3 is 6.47 Å². The Morgan fingerprint density at radius 2 is 2.20 bits per heavy atom. The van der Waals surface area contributed by atoms with Crippen molar-refractivity contribution < 1.29 is 9.53 Å². The molecule has 0 aromatic heterocycles. The van der Waals surface area contributed by atoms with Crippen molar-refractivity contribution >= 4 is 6.47 Å². The first-order chi connectivity index (χ1) is 4.72. The first kappa shape index (κ1) is 8.96. The lowest BCUT2D eigenvalue weighted by atomic mass is 9.99. The van der Waals surface area contributed by atoms with E-state index in [0.29, 0.717) is 0 Å². The molecule has 0 saturated heterocycles. The van der Waals surface area contributed by atoms with Crippen molar-refractivity contribution in [1.29, 1.82) is 5.26 Å². The van der Waals surface area contributed by atoms with Gasteiger partial charge in [-0.15, -0.1) is 0 Å². The van der Waals surface area contributed by atoms with Gasteiger partial charge in [-0.25, -0.2) is 4.79 Å². The molecule has 3 heteroatoms. The number of hydrogen-bond donors (Lipinski definition) is 0. The van der Waals surface area contributed by atoms with E-state index >= 15 is 0 Å². The van der Waals surface area contributed by atoms with Crippen molar-refractivity contribution in [3.63, 3.8) is 0 Å². The van der Waals surface area contributed by atoms with Gasteiger partial charge in [-0.3, -0.25) is 0 Å². The molecule has 0 saturated carbocycles. The lowest BCUT2D eigenvalue weighted by Gasteiger charge is -2.09. The maximum absolute atomic E-state index is 9.59. The second-order valence-corrected chi connectivity index (χ2v) is 2.37. The van der Waals surface area contributed by atoms with Gasteiger partial charge < -0.3 is 4.74 Å². The lowest BCUT2D eigenvalue weighted by Crippen LogP contribution is -2.13. The maximum Gasteiger partial charge on any atom is 0.417 e. The third-order valence-corrected chi connectivity index (χ3v) is 1.29. The molecule has 0 aromatic rings. The molecule has 0 rings (SSSR count). The van der Waals surface area contributed by atoms with Crippen LogP contribution in [-0.4, -0.2) is 13.1 Å². The van der Waals surface area contributed by atoms with Crippen molar-refractivity contribution in [2.45, 2.75) is 13.8 Å². The zero-order valence-corrected chi connectivity index (χ0v) is 6.13. The standard InChI is InChI=1S/C7H10NO2/c1-6(2)7(3-8)4-10-5-9/h6-7H,4H2,1-2H3. The zero-order chi connectivity index (χ0) is 7.98. The van der Waals surface area contributed by atoms with Crippen LogP contribution in [0.1, 0.15) is 13.8 Å². The highest BCUT2D eigenvalue weighted by Gasteiger charge is 2.11. The number of ether oxygens (including phenoxy) is 1. The van der Waals surface area contributed by atoms with Gasteiger partial charge in [-0.2, -0.15) is 5.26 Å². The number of hydrogen-bond acceptors (Lipinski definition) is 3. The molecule has 0 N–H and O–H groups in total. The van der Waals surface area contributed by atoms with E-state index in [0.717, 1.165) is 0 Å². The van der Waals surface area contributed by atoms with Crippen molar-refractivity contribution in [1.82, 2.24) is 0 Å². The van der Waals surface area contributed by atoms with Gasteiger partial charge in [0.25, 0.3) is 0 Å². The summed E-state index contributed by atoms with van der Waals surface area (Å²) < 4.78 is 4.32. The van der Waals surface area contributed by atoms with Crippen LogP contribution in [0.4, 0.5) is 0 Å². The highest BCUT2D eigenvalue weighted by molar-refractivity contribution is 5.38. The number of rotatable bonds is 4. The highest BCUT2D eigenvalue weighted by atomic mass is 16.5. The van der Waals surface area contributed by atoms with Crippen LogP contribution >= 0.6 is 0 Å². The average molecular weight is 140 g/mol. The second-order valence-electron chi connectivity index (χ2n) is 2.37. The summed E-state index contributed by atoms with van der Waals surface area (Å²) in [5, 5.41) is 8.46. The van der Waals surface area contributed by atoms with Crippen LogP contribution in [0.2, 0.25) is 0 Å². The summed E-state index contributed by atoms with van der Waals surface area (Å²) in [5.41, 5.74) is 0. The smallest absolute Gasteiger partial charge is 0.417 e. The normalized spacial score (nSPS) is 12.2. The van der Waals surface area contributed by atoms with Crippen LogP contribution in [0, 0.1) is 23.2 Å². The van der Waals surface area contributed by atoms with Crippen LogP contribution < -0.4 is 0 Å². The third-order valence-electron chi connectivity index (χ3n) is 1.29. The molecule has 0 aliphatic carbocycles. The molecular formula is C7H10NO2. The van der Waals surface area contributed by atoms with E-state index in [9.17, 15) is 4.79 Å². The second kappa shape index (κ2) is 4.80. The quantitative estimate of drug-likeness (QED) is 0.582. The van der Waals surface area contributed by atoms with Gasteiger partial charge in [-0.05, 0) is 5.92 Å². The summed E-state index contributed by atoms with van der Waals surface area (Å²) in [6.07, 6.45) is 0. The molecule has 1 unspecified atom stereocenters. The summed E-state index contributed by atoms with van der Waals surface area (Å²) in [7, 11) is 0. The number of nitriles is 1. The van der Waals surface area contributed by atoms with Gasteiger partial charge in [-0.1, -0.05) is 13.8 Å². The predicted molar refractivity (Wildman–Crippen MR) is 35.6 cm³/mol. The van der Waals surface area contributed by atoms with E-state index in [-0.39, 0.29) is 18.4 Å². The summed E-state index contributed by atoms with van der Waals surface area (Å²) in [4.78, 5) is 9.59. The minimum Gasteiger partial charge on any atom is -0.456 e. The summed E-state index contributed by atoms with van der Waals surface area (Å²) in [6, 6.07) is 2.03. The van der Waals surface area contributed by atoms with E-state index in [4.69, 9.17) is 5.26 Å². The van der Waals surface area contributed by atoms with E-state index < -0.39 is 0 Å². The molecule has 1 atom stereocenters. The molecule has 3 nitrogen and oxygen atoms in total. The molecule has 0 fully saturated rings. The monoisotopic (exact) mass is 140 g/mol. The SMILES string of the molecule is CC(C)C(C#N)CO[C]=O. The van der Waals surface area contributed by atoms with E-state index in [2.05, 4.69) is 4.74 Å². The Morgan fingerprint density at radius 3 is 2.50 bits per heavy atom. The summed E-state index contributed by atoms with van der Waals surface area (Å²) >= 11 is 0. The van der Waals surface area contributed by atoms with Crippen molar-refractivity contribution in [3.8, 4) is 6.07 Å². The molecule has 0 bridgehead atoms. The molecule has 0 aliphatic heterocycles. The van der Waals surface area contributed by atoms with Crippen LogP contribution in [0.5, 0.6) is 0 Å². The largest absolute Gasteiger partial charge is 0.456 e. The highest BCUT2D eigenvalue weighted by Crippen LogP contribution is 2.08. The van der Waals surface area contributed by atoms with Gasteiger partial charge in [0.15, 0.2) is 0 Å². The Kier molecular flexibility index (Phi) is 4.30. The maximum atomic E-state index is 9.59. The minimum atomic E-state index is -0.207. The fourth-order valence-electron chi connectivity index (χ4n) is 0.503. The molecule has 0 spiro atoms. The van der Waals surface area contributed by atoms with Crippen molar-refractivity contribution in [2.24, 2.45) is 11.8 Å². The molecule has 0 aliphatic rings. The fourth-order valence-corrected chi connectivity index (χ4v) is 0.503. The Balaban J connectivity index is 3.63. The van der Waals surface area contributed by atoms with Gasteiger partial charge in [0.2, 0.25) is 0 Å². The van der Waals surface area contributed by atoms with Gasteiger partial charge in [0.1, 0.15) is 6.61 Å². The number of carbonyl (C=O) groups excluding carboxylic acids is 1. The number of nitrogens with zero attached hydrogens (tertiary/aromatic N) is 1. The summed E-state index contributed by atoms with van der Waals surface area (Å²) in [5.74, 6) is 0.0137. The Morgan fingerprint density at radius 1 is 1.60 bits per heavy atom. The lowest BCUT2D eigenvalue weighted by molar-refractivity contribution is 0.222. The van der Waals surface area contributed by atoms with Crippen molar-refractivity contribution in [3.05, 3.63) is 0 Å². The fraction of sp³-hybridized carbons (Fsp3) is 0.714. The van der Waals surface area contributed by atoms with Crippen LogP contribution in [0.25, 0.3) is 0 Å². The molecule has 0 aromatic carbocycles. The first-order valence-corrected chi connectivity index (χ1v) is 3.11. The molecule has 55 valence electrons. The van der Waals surface area contributed by atoms with Crippen molar-refractivity contribution in [2.75, 3.05) is 6.61 Å². The van der Waals surface area contributed by atoms with Crippen LogP contribution in [-0.2, 0) is 9.53 Å². The molecule has 0 heterocycles. The molecule has 10 heavy (non-hydrogen) atoms. The van der Waals surface area contributed by atoms with E-state index in [1.54, 1.807) is 0 Å². The Hall–Kier alpha value is -1.04. The van der Waals surface area contributed by atoms with E-state index in [1.165, 1.54) is 6.47 Å².